The standard InChI is InChI=1S/C77H142O6/c1-4-7-10-13-16-19-22-25-28-30-32-33-34-35-36-37-38-39-40-41-42-43-45-46-49-52-55-58-61-64-67-70-76(79)82-73-74(72-81-75(78)69-66-63-60-57-54-51-48-27-24-21-18-15-12-9-6-3)83-77(80)71-68-65-62-59-56-53-50-47-44-31-29-26-23-20-17-14-11-8-5-2/h22,25,27,30,32,34-35,48,74H,4-21,23-24,26,28-29,31,33,36-47,49-73H2,1-3H3/b25-22-,32-30-,35-34-,48-27-. The van der Waals surface area contributed by atoms with E-state index in [1.165, 1.54) is 289 Å². The van der Waals surface area contributed by atoms with Gasteiger partial charge in [0.15, 0.2) is 6.10 Å². The molecule has 0 rings (SSSR count). The zero-order valence-electron chi connectivity index (χ0n) is 56.0. The molecule has 0 fully saturated rings. The van der Waals surface area contributed by atoms with Crippen molar-refractivity contribution in [3.63, 3.8) is 0 Å². The SMILES string of the molecule is CCCCCCC/C=C\C/C=C\C/C=C\CCCCCCCCCCCCCCCCCCC(=O)OCC(COC(=O)CCCCCCC/C=C\CCCCCCCC)OC(=O)CCCCCCCCCCCCCCCCCCCCC. The Hall–Kier alpha value is -2.63. The zero-order chi connectivity index (χ0) is 59.9. The van der Waals surface area contributed by atoms with E-state index in [0.717, 1.165) is 77.0 Å². The molecule has 83 heavy (non-hydrogen) atoms. The van der Waals surface area contributed by atoms with E-state index in [9.17, 15) is 14.4 Å². The van der Waals surface area contributed by atoms with Crippen LogP contribution < -0.4 is 0 Å². The molecule has 0 aliphatic heterocycles. The molecular formula is C77H142O6. The van der Waals surface area contributed by atoms with E-state index in [1.54, 1.807) is 0 Å². The highest BCUT2D eigenvalue weighted by Gasteiger charge is 2.19. The summed E-state index contributed by atoms with van der Waals surface area (Å²) in [5.74, 6) is -0.849. The number of esters is 3. The molecule has 0 saturated heterocycles. The minimum Gasteiger partial charge on any atom is -0.462 e. The lowest BCUT2D eigenvalue weighted by atomic mass is 10.0. The summed E-state index contributed by atoms with van der Waals surface area (Å²) in [6, 6.07) is 0. The predicted molar refractivity (Wildman–Crippen MR) is 362 cm³/mol. The van der Waals surface area contributed by atoms with Crippen LogP contribution in [0.3, 0.4) is 0 Å². The van der Waals surface area contributed by atoms with Crippen molar-refractivity contribution in [3.8, 4) is 0 Å². The summed E-state index contributed by atoms with van der Waals surface area (Å²) >= 11 is 0. The second-order valence-corrected chi connectivity index (χ2v) is 25.2. The Bertz CT molecular complexity index is 1430. The summed E-state index contributed by atoms with van der Waals surface area (Å²) < 4.78 is 17.0. The first kappa shape index (κ1) is 80.4. The fourth-order valence-electron chi connectivity index (χ4n) is 11.2. The number of carbonyl (C=O) groups excluding carboxylic acids is 3. The van der Waals surface area contributed by atoms with Crippen molar-refractivity contribution in [2.24, 2.45) is 0 Å². The average Bonchev–Trinajstić information content (AvgIpc) is 3.49. The molecule has 0 aromatic carbocycles. The van der Waals surface area contributed by atoms with Crippen LogP contribution in [0.4, 0.5) is 0 Å². The molecule has 0 bridgehead atoms. The number of allylic oxidation sites excluding steroid dienone is 8. The van der Waals surface area contributed by atoms with E-state index < -0.39 is 6.10 Å². The third-order valence-electron chi connectivity index (χ3n) is 16.8. The van der Waals surface area contributed by atoms with Gasteiger partial charge < -0.3 is 14.2 Å². The topological polar surface area (TPSA) is 78.9 Å². The fraction of sp³-hybridized carbons (Fsp3) is 0.857. The second-order valence-electron chi connectivity index (χ2n) is 25.2. The van der Waals surface area contributed by atoms with Crippen LogP contribution in [0.5, 0.6) is 0 Å². The number of carbonyl (C=O) groups is 3. The van der Waals surface area contributed by atoms with Crippen molar-refractivity contribution < 1.29 is 28.6 Å². The molecule has 1 unspecified atom stereocenters. The summed E-state index contributed by atoms with van der Waals surface area (Å²) in [6.07, 6.45) is 91.5. The number of unbranched alkanes of at least 4 members (excludes halogenated alkanes) is 50. The normalized spacial score (nSPS) is 12.3. The maximum Gasteiger partial charge on any atom is 0.306 e. The maximum absolute atomic E-state index is 13.0. The molecule has 6 nitrogen and oxygen atoms in total. The first-order chi connectivity index (χ1) is 41.0. The number of hydrogen-bond acceptors (Lipinski definition) is 6. The highest BCUT2D eigenvalue weighted by molar-refractivity contribution is 5.71. The van der Waals surface area contributed by atoms with Crippen molar-refractivity contribution in [3.05, 3.63) is 48.6 Å². The molecule has 0 aliphatic rings. The van der Waals surface area contributed by atoms with Crippen molar-refractivity contribution in [2.45, 2.75) is 412 Å². The second kappa shape index (κ2) is 71.8. The van der Waals surface area contributed by atoms with Gasteiger partial charge in [-0.15, -0.1) is 0 Å². The van der Waals surface area contributed by atoms with Gasteiger partial charge in [0.2, 0.25) is 0 Å². The number of ether oxygens (including phenoxy) is 3. The molecular weight excluding hydrogens is 1020 g/mol. The molecule has 0 spiro atoms. The molecule has 0 aromatic rings. The van der Waals surface area contributed by atoms with E-state index in [2.05, 4.69) is 69.4 Å². The van der Waals surface area contributed by atoms with E-state index in [1.807, 2.05) is 0 Å². The van der Waals surface area contributed by atoms with Gasteiger partial charge >= 0.3 is 17.9 Å². The van der Waals surface area contributed by atoms with E-state index >= 15 is 0 Å². The molecule has 0 amide bonds. The van der Waals surface area contributed by atoms with Gasteiger partial charge in [-0.1, -0.05) is 352 Å². The van der Waals surface area contributed by atoms with E-state index in [4.69, 9.17) is 14.2 Å². The van der Waals surface area contributed by atoms with Crippen molar-refractivity contribution in [2.75, 3.05) is 13.2 Å². The Morgan fingerprint density at radius 3 is 0.687 bits per heavy atom. The highest BCUT2D eigenvalue weighted by Crippen LogP contribution is 2.19. The predicted octanol–water partition coefficient (Wildman–Crippen LogP) is 25.7. The number of hydrogen-bond donors (Lipinski definition) is 0. The summed E-state index contributed by atoms with van der Waals surface area (Å²) in [7, 11) is 0. The molecule has 1 atom stereocenters. The van der Waals surface area contributed by atoms with Crippen molar-refractivity contribution >= 4 is 17.9 Å². The van der Waals surface area contributed by atoms with Gasteiger partial charge in [0.1, 0.15) is 13.2 Å². The molecule has 0 heterocycles. The maximum atomic E-state index is 13.0. The van der Waals surface area contributed by atoms with Gasteiger partial charge in [-0.2, -0.15) is 0 Å². The Kier molecular flexibility index (Phi) is 69.6. The van der Waals surface area contributed by atoms with Crippen LogP contribution in [0.15, 0.2) is 48.6 Å². The summed E-state index contributed by atoms with van der Waals surface area (Å²) in [5.41, 5.74) is 0. The van der Waals surface area contributed by atoms with Gasteiger partial charge in [0.25, 0.3) is 0 Å². The fourth-order valence-corrected chi connectivity index (χ4v) is 11.2. The van der Waals surface area contributed by atoms with E-state index in [0.29, 0.717) is 19.3 Å². The molecule has 0 N–H and O–H groups in total. The molecule has 0 radical (unpaired) electrons. The quantitative estimate of drug-likeness (QED) is 0.0261. The summed E-state index contributed by atoms with van der Waals surface area (Å²) in [5, 5.41) is 0. The molecule has 0 aromatic heterocycles. The minimum atomic E-state index is -0.775. The van der Waals surface area contributed by atoms with E-state index in [-0.39, 0.29) is 31.1 Å². The van der Waals surface area contributed by atoms with Crippen LogP contribution in [0, 0.1) is 0 Å². The third kappa shape index (κ3) is 70.0. The summed E-state index contributed by atoms with van der Waals surface area (Å²) in [6.45, 7) is 6.69. The van der Waals surface area contributed by atoms with Crippen LogP contribution in [-0.4, -0.2) is 37.2 Å². The Balaban J connectivity index is 4.21. The van der Waals surface area contributed by atoms with Crippen molar-refractivity contribution in [1.82, 2.24) is 0 Å². The van der Waals surface area contributed by atoms with Crippen LogP contribution in [-0.2, 0) is 28.6 Å². The lowest BCUT2D eigenvalue weighted by Crippen LogP contribution is -2.30. The lowest BCUT2D eigenvalue weighted by Gasteiger charge is -2.18. The van der Waals surface area contributed by atoms with Crippen LogP contribution in [0.1, 0.15) is 406 Å². The van der Waals surface area contributed by atoms with Gasteiger partial charge in [-0.05, 0) is 83.5 Å². The largest absolute Gasteiger partial charge is 0.462 e. The third-order valence-corrected chi connectivity index (χ3v) is 16.8. The van der Waals surface area contributed by atoms with Crippen LogP contribution >= 0.6 is 0 Å². The molecule has 0 aliphatic carbocycles. The molecule has 0 saturated carbocycles. The minimum absolute atomic E-state index is 0.0702. The van der Waals surface area contributed by atoms with Crippen LogP contribution in [0.2, 0.25) is 0 Å². The average molecular weight is 1160 g/mol. The lowest BCUT2D eigenvalue weighted by molar-refractivity contribution is -0.167. The molecule has 486 valence electrons. The van der Waals surface area contributed by atoms with Gasteiger partial charge in [0, 0.05) is 19.3 Å². The monoisotopic (exact) mass is 1160 g/mol. The Morgan fingerprint density at radius 1 is 0.241 bits per heavy atom. The Morgan fingerprint density at radius 2 is 0.434 bits per heavy atom. The van der Waals surface area contributed by atoms with Crippen molar-refractivity contribution in [1.29, 1.82) is 0 Å². The molecule has 6 heteroatoms. The number of rotatable bonds is 69. The highest BCUT2D eigenvalue weighted by atomic mass is 16.6. The van der Waals surface area contributed by atoms with Gasteiger partial charge in [-0.3, -0.25) is 14.4 Å². The smallest absolute Gasteiger partial charge is 0.306 e. The first-order valence-corrected chi connectivity index (χ1v) is 37.1. The van der Waals surface area contributed by atoms with Crippen LogP contribution in [0.25, 0.3) is 0 Å². The summed E-state index contributed by atoms with van der Waals surface area (Å²) in [4.78, 5) is 38.5. The first-order valence-electron chi connectivity index (χ1n) is 37.1. The van der Waals surface area contributed by atoms with Gasteiger partial charge in [0.05, 0.1) is 0 Å². The zero-order valence-corrected chi connectivity index (χ0v) is 56.0. The van der Waals surface area contributed by atoms with Gasteiger partial charge in [-0.25, -0.2) is 0 Å². The Labute approximate surface area is 518 Å².